The predicted molar refractivity (Wildman–Crippen MR) is 45.1 cm³/mol. The van der Waals surface area contributed by atoms with Crippen molar-refractivity contribution in [2.24, 2.45) is 5.29 Å². The van der Waals surface area contributed by atoms with Crippen molar-refractivity contribution in [2.75, 3.05) is 0 Å². The number of nitrogens with zero attached hydrogens (tertiary/aromatic N) is 1. The summed E-state index contributed by atoms with van der Waals surface area (Å²) in [6.45, 7) is 0. The lowest BCUT2D eigenvalue weighted by molar-refractivity contribution is 0.0954. The van der Waals surface area contributed by atoms with E-state index in [-0.39, 0.29) is 5.56 Å². The highest BCUT2D eigenvalue weighted by atomic mass is 16.3. The van der Waals surface area contributed by atoms with Crippen molar-refractivity contribution in [3.05, 3.63) is 40.3 Å². The van der Waals surface area contributed by atoms with Crippen LogP contribution in [0.1, 0.15) is 20.7 Å². The van der Waals surface area contributed by atoms with Crippen molar-refractivity contribution >= 4 is 12.2 Å². The number of hydrogen-bond acceptors (Lipinski definition) is 4. The summed E-state index contributed by atoms with van der Waals surface area (Å²) in [5.74, 6) is -0.626. The van der Waals surface area contributed by atoms with E-state index >= 15 is 0 Å². The van der Waals surface area contributed by atoms with Crippen LogP contribution in [0.2, 0.25) is 0 Å². The molecular weight excluding hydrogens is 172 g/mol. The molecule has 0 fully saturated rings. The summed E-state index contributed by atoms with van der Waals surface area (Å²) in [6, 6.07) is 5.95. The molecular formula is C8H6N2O3. The molecule has 1 aromatic rings. The first-order valence-corrected chi connectivity index (χ1v) is 3.46. The highest BCUT2D eigenvalue weighted by Gasteiger charge is 2.04. The third-order valence-electron chi connectivity index (χ3n) is 1.43. The largest absolute Gasteiger partial charge is 0.298 e. The monoisotopic (exact) mass is 178 g/mol. The van der Waals surface area contributed by atoms with Gasteiger partial charge < -0.3 is 0 Å². The lowest BCUT2D eigenvalue weighted by atomic mass is 10.1. The van der Waals surface area contributed by atoms with Gasteiger partial charge in [0.15, 0.2) is 0 Å². The maximum Gasteiger partial charge on any atom is 0.273 e. The number of rotatable bonds is 3. The molecule has 0 aliphatic rings. The van der Waals surface area contributed by atoms with Gasteiger partial charge in [0.25, 0.3) is 5.91 Å². The van der Waals surface area contributed by atoms with Crippen molar-refractivity contribution in [1.82, 2.24) is 5.43 Å². The van der Waals surface area contributed by atoms with Crippen LogP contribution in [-0.2, 0) is 0 Å². The number of aldehydes is 1. The minimum Gasteiger partial charge on any atom is -0.298 e. The summed E-state index contributed by atoms with van der Waals surface area (Å²) in [5, 5.41) is 2.23. The van der Waals surface area contributed by atoms with E-state index in [1.165, 1.54) is 12.1 Å². The predicted octanol–water partition coefficient (Wildman–Crippen LogP) is 0.910. The van der Waals surface area contributed by atoms with E-state index in [4.69, 9.17) is 0 Å². The van der Waals surface area contributed by atoms with Crippen LogP contribution in [0.5, 0.6) is 0 Å². The van der Waals surface area contributed by atoms with Crippen LogP contribution in [0, 0.1) is 4.91 Å². The van der Waals surface area contributed by atoms with Gasteiger partial charge in [-0.2, -0.15) is 0 Å². The molecule has 0 radical (unpaired) electrons. The molecule has 66 valence electrons. The molecule has 0 unspecified atom stereocenters. The summed E-state index contributed by atoms with van der Waals surface area (Å²) in [6.07, 6.45) is 0.616. The second kappa shape index (κ2) is 4.10. The minimum atomic E-state index is -0.626. The molecule has 0 bridgehead atoms. The Morgan fingerprint density at radius 2 is 2.23 bits per heavy atom. The van der Waals surface area contributed by atoms with Gasteiger partial charge >= 0.3 is 0 Å². The second-order valence-corrected chi connectivity index (χ2v) is 2.28. The Balaban J connectivity index is 2.94. The van der Waals surface area contributed by atoms with E-state index in [9.17, 15) is 14.5 Å². The molecule has 1 amide bonds. The Labute approximate surface area is 73.7 Å². The molecule has 1 rings (SSSR count). The first-order chi connectivity index (χ1) is 6.27. The van der Waals surface area contributed by atoms with Crippen LogP contribution < -0.4 is 5.43 Å². The van der Waals surface area contributed by atoms with E-state index in [2.05, 4.69) is 5.29 Å². The van der Waals surface area contributed by atoms with Gasteiger partial charge in [-0.15, -0.1) is 4.91 Å². The number of nitroso groups, excluding NO2 is 1. The van der Waals surface area contributed by atoms with E-state index < -0.39 is 5.91 Å². The van der Waals surface area contributed by atoms with Crippen molar-refractivity contribution in [2.45, 2.75) is 0 Å². The quantitative estimate of drug-likeness (QED) is 0.424. The van der Waals surface area contributed by atoms with Crippen molar-refractivity contribution in [1.29, 1.82) is 0 Å². The number of benzene rings is 1. The summed E-state index contributed by atoms with van der Waals surface area (Å²) in [4.78, 5) is 31.0. The average Bonchev–Trinajstić information content (AvgIpc) is 2.18. The van der Waals surface area contributed by atoms with Crippen molar-refractivity contribution in [3.8, 4) is 0 Å². The van der Waals surface area contributed by atoms with Gasteiger partial charge in [0, 0.05) is 11.1 Å². The van der Waals surface area contributed by atoms with Gasteiger partial charge in [0.05, 0.1) is 5.29 Å². The topological polar surface area (TPSA) is 75.6 Å². The summed E-state index contributed by atoms with van der Waals surface area (Å²) < 4.78 is 0. The maximum atomic E-state index is 11.0. The SMILES string of the molecule is O=Cc1cccc(C(=O)NN=O)c1. The molecule has 0 saturated carbocycles. The fourth-order valence-corrected chi connectivity index (χ4v) is 0.859. The Hall–Kier alpha value is -2.04. The number of amides is 1. The Morgan fingerprint density at radius 3 is 2.85 bits per heavy atom. The smallest absolute Gasteiger partial charge is 0.273 e. The highest BCUT2D eigenvalue weighted by Crippen LogP contribution is 2.02. The average molecular weight is 178 g/mol. The van der Waals surface area contributed by atoms with Gasteiger partial charge in [-0.1, -0.05) is 12.1 Å². The normalized spacial score (nSPS) is 8.92. The molecule has 0 saturated heterocycles. The first kappa shape index (κ1) is 9.05. The molecule has 13 heavy (non-hydrogen) atoms. The number of carbonyl (C=O) groups is 2. The van der Waals surface area contributed by atoms with Crippen LogP contribution in [0.15, 0.2) is 29.6 Å². The van der Waals surface area contributed by atoms with Crippen LogP contribution in [-0.4, -0.2) is 12.2 Å². The molecule has 5 heteroatoms. The molecule has 0 spiro atoms. The highest BCUT2D eigenvalue weighted by molar-refractivity contribution is 5.95. The number of nitrogens with one attached hydrogen (secondary N) is 1. The zero-order valence-electron chi connectivity index (χ0n) is 6.56. The third kappa shape index (κ3) is 2.19. The zero-order valence-corrected chi connectivity index (χ0v) is 6.56. The molecule has 1 N–H and O–H groups in total. The minimum absolute atomic E-state index is 0.226. The van der Waals surface area contributed by atoms with Crippen LogP contribution in [0.4, 0.5) is 0 Å². The summed E-state index contributed by atoms with van der Waals surface area (Å²) in [7, 11) is 0. The molecule has 0 aromatic heterocycles. The summed E-state index contributed by atoms with van der Waals surface area (Å²) >= 11 is 0. The van der Waals surface area contributed by atoms with Crippen LogP contribution in [0.25, 0.3) is 0 Å². The van der Waals surface area contributed by atoms with E-state index in [1.54, 1.807) is 17.6 Å². The molecule has 1 aromatic carbocycles. The third-order valence-corrected chi connectivity index (χ3v) is 1.43. The van der Waals surface area contributed by atoms with Gasteiger partial charge in [0.2, 0.25) is 0 Å². The van der Waals surface area contributed by atoms with Crippen LogP contribution in [0.3, 0.4) is 0 Å². The Kier molecular flexibility index (Phi) is 2.86. The summed E-state index contributed by atoms with van der Waals surface area (Å²) in [5.41, 5.74) is 2.33. The standard InChI is InChI=1S/C8H6N2O3/c11-5-6-2-1-3-7(4-6)8(12)9-10-13/h1-5H,(H,9,12,13). The number of carbonyl (C=O) groups excluding carboxylic acids is 2. The van der Waals surface area contributed by atoms with Gasteiger partial charge in [-0.05, 0) is 12.1 Å². The molecule has 0 atom stereocenters. The maximum absolute atomic E-state index is 11.0. The Bertz CT molecular complexity index is 349. The fourth-order valence-electron chi connectivity index (χ4n) is 0.859. The van der Waals surface area contributed by atoms with E-state index in [0.29, 0.717) is 11.8 Å². The van der Waals surface area contributed by atoms with Crippen LogP contribution >= 0.6 is 0 Å². The fraction of sp³-hybridized carbons (Fsp3) is 0. The second-order valence-electron chi connectivity index (χ2n) is 2.28. The van der Waals surface area contributed by atoms with Gasteiger partial charge in [-0.25, -0.2) is 5.43 Å². The molecule has 5 nitrogen and oxygen atoms in total. The van der Waals surface area contributed by atoms with Crippen molar-refractivity contribution in [3.63, 3.8) is 0 Å². The first-order valence-electron chi connectivity index (χ1n) is 3.46. The van der Waals surface area contributed by atoms with Gasteiger partial charge in [0.1, 0.15) is 6.29 Å². The van der Waals surface area contributed by atoms with Crippen molar-refractivity contribution < 1.29 is 9.59 Å². The zero-order chi connectivity index (χ0) is 9.68. The lowest BCUT2D eigenvalue weighted by Gasteiger charge is -1.97. The number of hydrogen-bond donors (Lipinski definition) is 1. The van der Waals surface area contributed by atoms with E-state index in [1.807, 2.05) is 0 Å². The molecule has 0 aliphatic heterocycles. The van der Waals surface area contributed by atoms with E-state index in [0.717, 1.165) is 0 Å². The Morgan fingerprint density at radius 1 is 1.46 bits per heavy atom. The van der Waals surface area contributed by atoms with Gasteiger partial charge in [-0.3, -0.25) is 9.59 Å². The molecule has 0 aliphatic carbocycles. The lowest BCUT2D eigenvalue weighted by Crippen LogP contribution is -2.16. The molecule has 0 heterocycles.